The first-order chi connectivity index (χ1) is 9.36. The third kappa shape index (κ3) is 2.89. The average Bonchev–Trinajstić information content (AvgIpc) is 2.48. The van der Waals surface area contributed by atoms with Crippen LogP contribution in [-0.2, 0) is 11.3 Å². The Bertz CT molecular complexity index is 555. The van der Waals surface area contributed by atoms with E-state index in [4.69, 9.17) is 16.3 Å². The normalized spacial score (nSPS) is 20.8. The van der Waals surface area contributed by atoms with Crippen LogP contribution in [0.1, 0.15) is 5.56 Å². The lowest BCUT2D eigenvalue weighted by atomic mass is 10.1. The lowest BCUT2D eigenvalue weighted by molar-refractivity contribution is -0.0192. The third-order valence-electron chi connectivity index (χ3n) is 3.53. The Labute approximate surface area is 118 Å². The number of aromatic nitrogens is 1. The molecule has 2 heterocycles. The maximum Gasteiger partial charge on any atom is 0.0837 e. The molecule has 0 spiro atoms. The van der Waals surface area contributed by atoms with Gasteiger partial charge in [-0.25, -0.2) is 0 Å². The smallest absolute Gasteiger partial charge is 0.0837 e. The minimum Gasteiger partial charge on any atom is -0.374 e. The Morgan fingerprint density at radius 1 is 1.32 bits per heavy atom. The van der Waals surface area contributed by atoms with E-state index in [1.165, 1.54) is 10.9 Å². The third-order valence-corrected chi connectivity index (χ3v) is 3.87. The van der Waals surface area contributed by atoms with Crippen molar-refractivity contribution in [2.24, 2.45) is 0 Å². The van der Waals surface area contributed by atoms with Crippen molar-refractivity contribution >= 4 is 22.5 Å². The topological polar surface area (TPSA) is 25.4 Å². The second-order valence-electron chi connectivity index (χ2n) is 4.87. The predicted octanol–water partition coefficient (Wildman–Crippen LogP) is 2.67. The molecule has 1 aliphatic heterocycles. The summed E-state index contributed by atoms with van der Waals surface area (Å²) in [7, 11) is 0. The molecule has 0 amide bonds. The lowest BCUT2D eigenvalue weighted by Gasteiger charge is -2.32. The molecule has 0 saturated carbocycles. The number of para-hydroxylation sites is 1. The van der Waals surface area contributed by atoms with E-state index >= 15 is 0 Å². The number of benzene rings is 1. The number of alkyl halides is 1. The largest absolute Gasteiger partial charge is 0.374 e. The Morgan fingerprint density at radius 3 is 3.11 bits per heavy atom. The fourth-order valence-electron chi connectivity index (χ4n) is 2.55. The van der Waals surface area contributed by atoms with Gasteiger partial charge in [-0.3, -0.25) is 9.88 Å². The van der Waals surface area contributed by atoms with Gasteiger partial charge in [-0.05, 0) is 17.7 Å². The van der Waals surface area contributed by atoms with E-state index in [2.05, 4.69) is 34.1 Å². The molecule has 3 nitrogen and oxygen atoms in total. The summed E-state index contributed by atoms with van der Waals surface area (Å²) in [6.45, 7) is 3.56. The summed E-state index contributed by atoms with van der Waals surface area (Å²) in [6, 6.07) is 10.4. The summed E-state index contributed by atoms with van der Waals surface area (Å²) < 4.78 is 5.60. The molecule has 19 heavy (non-hydrogen) atoms. The molecule has 1 atom stereocenters. The summed E-state index contributed by atoms with van der Waals surface area (Å²) >= 11 is 5.88. The van der Waals surface area contributed by atoms with Crippen molar-refractivity contribution in [3.8, 4) is 0 Å². The van der Waals surface area contributed by atoms with Gasteiger partial charge in [0.05, 0.1) is 18.2 Å². The molecule has 1 aromatic carbocycles. The zero-order valence-corrected chi connectivity index (χ0v) is 11.5. The molecule has 1 fully saturated rings. The highest BCUT2D eigenvalue weighted by Gasteiger charge is 2.20. The van der Waals surface area contributed by atoms with Crippen LogP contribution in [0.2, 0.25) is 0 Å². The van der Waals surface area contributed by atoms with Crippen molar-refractivity contribution < 1.29 is 4.74 Å². The number of pyridine rings is 1. The second-order valence-corrected chi connectivity index (χ2v) is 5.18. The van der Waals surface area contributed by atoms with Gasteiger partial charge in [-0.2, -0.15) is 0 Å². The van der Waals surface area contributed by atoms with Crippen LogP contribution in [0.25, 0.3) is 10.9 Å². The predicted molar refractivity (Wildman–Crippen MR) is 77.5 cm³/mol. The van der Waals surface area contributed by atoms with E-state index in [9.17, 15) is 0 Å². The molecule has 0 N–H and O–H groups in total. The highest BCUT2D eigenvalue weighted by atomic mass is 35.5. The SMILES string of the molecule is ClCC1CN(Cc2ccnc3ccccc23)CCO1. The molecule has 1 aromatic heterocycles. The van der Waals surface area contributed by atoms with Gasteiger partial charge < -0.3 is 4.74 Å². The maximum absolute atomic E-state index is 5.88. The van der Waals surface area contributed by atoms with Crippen LogP contribution in [-0.4, -0.2) is 41.6 Å². The summed E-state index contributed by atoms with van der Waals surface area (Å²) in [5, 5.41) is 1.24. The van der Waals surface area contributed by atoms with Gasteiger partial charge in [0.1, 0.15) is 0 Å². The fraction of sp³-hybridized carbons (Fsp3) is 0.400. The zero-order valence-electron chi connectivity index (χ0n) is 10.8. The van der Waals surface area contributed by atoms with Gasteiger partial charge in [-0.15, -0.1) is 11.6 Å². The van der Waals surface area contributed by atoms with Crippen LogP contribution in [0.4, 0.5) is 0 Å². The van der Waals surface area contributed by atoms with Crippen molar-refractivity contribution in [2.75, 3.05) is 25.6 Å². The Hall–Kier alpha value is -1.16. The summed E-state index contributed by atoms with van der Waals surface area (Å²) in [6.07, 6.45) is 2.04. The van der Waals surface area contributed by atoms with Crippen LogP contribution in [0.5, 0.6) is 0 Å². The van der Waals surface area contributed by atoms with Gasteiger partial charge in [0.15, 0.2) is 0 Å². The van der Waals surface area contributed by atoms with Gasteiger partial charge >= 0.3 is 0 Å². The van der Waals surface area contributed by atoms with E-state index in [0.29, 0.717) is 5.88 Å². The molecule has 1 unspecified atom stereocenters. The number of ether oxygens (including phenoxy) is 1. The van der Waals surface area contributed by atoms with Crippen molar-refractivity contribution in [3.05, 3.63) is 42.1 Å². The second kappa shape index (κ2) is 5.87. The molecule has 100 valence electrons. The van der Waals surface area contributed by atoms with E-state index in [0.717, 1.165) is 31.8 Å². The summed E-state index contributed by atoms with van der Waals surface area (Å²) in [5.74, 6) is 0.563. The number of hydrogen-bond donors (Lipinski definition) is 0. The number of rotatable bonds is 3. The van der Waals surface area contributed by atoms with Crippen LogP contribution in [0, 0.1) is 0 Å². The Morgan fingerprint density at radius 2 is 2.21 bits per heavy atom. The quantitative estimate of drug-likeness (QED) is 0.806. The minimum absolute atomic E-state index is 0.156. The molecule has 2 aromatic rings. The highest BCUT2D eigenvalue weighted by Crippen LogP contribution is 2.19. The maximum atomic E-state index is 5.88. The van der Waals surface area contributed by atoms with Crippen LogP contribution < -0.4 is 0 Å². The molecule has 0 radical (unpaired) electrons. The van der Waals surface area contributed by atoms with Gasteiger partial charge in [0.2, 0.25) is 0 Å². The van der Waals surface area contributed by atoms with Crippen molar-refractivity contribution in [1.82, 2.24) is 9.88 Å². The van der Waals surface area contributed by atoms with Crippen LogP contribution in [0.3, 0.4) is 0 Å². The molecule has 3 rings (SSSR count). The summed E-state index contributed by atoms with van der Waals surface area (Å²) in [4.78, 5) is 6.80. The number of fused-ring (bicyclic) bond motifs is 1. The van der Waals surface area contributed by atoms with Crippen LogP contribution >= 0.6 is 11.6 Å². The van der Waals surface area contributed by atoms with Crippen molar-refractivity contribution in [2.45, 2.75) is 12.6 Å². The molecular weight excluding hydrogens is 260 g/mol. The van der Waals surface area contributed by atoms with E-state index < -0.39 is 0 Å². The lowest BCUT2D eigenvalue weighted by Crippen LogP contribution is -2.42. The Kier molecular flexibility index (Phi) is 3.97. The van der Waals surface area contributed by atoms with Gasteiger partial charge in [-0.1, -0.05) is 18.2 Å². The Balaban J connectivity index is 1.81. The van der Waals surface area contributed by atoms with Crippen molar-refractivity contribution in [3.63, 3.8) is 0 Å². The molecule has 0 bridgehead atoms. The molecular formula is C15H17ClN2O. The monoisotopic (exact) mass is 276 g/mol. The minimum atomic E-state index is 0.156. The van der Waals surface area contributed by atoms with Gasteiger partial charge in [0, 0.05) is 37.1 Å². The number of hydrogen-bond acceptors (Lipinski definition) is 3. The first-order valence-corrected chi connectivity index (χ1v) is 7.13. The fourth-order valence-corrected chi connectivity index (χ4v) is 2.74. The summed E-state index contributed by atoms with van der Waals surface area (Å²) in [5.41, 5.74) is 2.38. The van der Waals surface area contributed by atoms with E-state index in [1.807, 2.05) is 12.3 Å². The number of morpholine rings is 1. The number of nitrogens with zero attached hydrogens (tertiary/aromatic N) is 2. The molecule has 4 heteroatoms. The first-order valence-electron chi connectivity index (χ1n) is 6.59. The standard InChI is InChI=1S/C15H17ClN2O/c16-9-13-11-18(7-8-19-13)10-12-5-6-17-15-4-2-1-3-14(12)15/h1-6,13H,7-11H2. The van der Waals surface area contributed by atoms with Gasteiger partial charge in [0.25, 0.3) is 0 Å². The van der Waals surface area contributed by atoms with Crippen LogP contribution in [0.15, 0.2) is 36.5 Å². The van der Waals surface area contributed by atoms with E-state index in [1.54, 1.807) is 0 Å². The first kappa shape index (κ1) is 12.9. The zero-order chi connectivity index (χ0) is 13.1. The average molecular weight is 277 g/mol. The highest BCUT2D eigenvalue weighted by molar-refractivity contribution is 6.18. The molecule has 1 saturated heterocycles. The molecule has 0 aliphatic carbocycles. The molecule has 1 aliphatic rings. The van der Waals surface area contributed by atoms with E-state index in [-0.39, 0.29) is 6.10 Å². The number of halogens is 1. The van der Waals surface area contributed by atoms with Crippen molar-refractivity contribution in [1.29, 1.82) is 0 Å².